The van der Waals surface area contributed by atoms with Crippen molar-refractivity contribution in [1.29, 1.82) is 0 Å². The zero-order valence-corrected chi connectivity index (χ0v) is 18.3. The van der Waals surface area contributed by atoms with Gasteiger partial charge < -0.3 is 15.5 Å². The van der Waals surface area contributed by atoms with Crippen LogP contribution in [0.1, 0.15) is 38.4 Å². The largest absolute Gasteiger partial charge is 0.357 e. The molecule has 152 valence electrons. The van der Waals surface area contributed by atoms with E-state index in [4.69, 9.17) is 0 Å². The van der Waals surface area contributed by atoms with E-state index >= 15 is 0 Å². The van der Waals surface area contributed by atoms with Crippen LogP contribution in [0.5, 0.6) is 0 Å². The molecule has 6 nitrogen and oxygen atoms in total. The maximum atomic E-state index is 12.1. The number of rotatable bonds is 8. The van der Waals surface area contributed by atoms with Gasteiger partial charge in [-0.15, -0.1) is 11.3 Å². The molecule has 0 aliphatic rings. The second-order valence-corrected chi connectivity index (χ2v) is 8.12. The molecule has 1 aromatic heterocycles. The maximum absolute atomic E-state index is 12.1. The molecule has 0 atom stereocenters. The number of amides is 1. The number of nitrogens with one attached hydrogen (secondary N) is 2. The Balaban J connectivity index is 1.88. The van der Waals surface area contributed by atoms with Gasteiger partial charge in [0.2, 0.25) is 0 Å². The molecule has 2 rings (SSSR count). The molecule has 2 aromatic rings. The minimum Gasteiger partial charge on any atom is -0.357 e. The number of aryl methyl sites for hydroxylation is 2. The highest BCUT2D eigenvalue weighted by Gasteiger charge is 2.08. The molecule has 1 amide bonds. The molecule has 7 heteroatoms. The molecule has 0 unspecified atom stereocenters. The average molecular weight is 402 g/mol. The van der Waals surface area contributed by atoms with Gasteiger partial charge in [-0.3, -0.25) is 9.79 Å². The highest BCUT2D eigenvalue weighted by molar-refractivity contribution is 7.11. The van der Waals surface area contributed by atoms with Crippen molar-refractivity contribution in [2.75, 3.05) is 33.7 Å². The van der Waals surface area contributed by atoms with E-state index in [1.54, 1.807) is 30.3 Å². The Labute approximate surface area is 172 Å². The summed E-state index contributed by atoms with van der Waals surface area (Å²) in [6.07, 6.45) is 1.73. The summed E-state index contributed by atoms with van der Waals surface area (Å²) in [6, 6.07) is 7.80. The lowest BCUT2D eigenvalue weighted by molar-refractivity contribution is 0.0827. The first-order chi connectivity index (χ1) is 13.4. The van der Waals surface area contributed by atoms with Gasteiger partial charge in [-0.2, -0.15) is 0 Å². The highest BCUT2D eigenvalue weighted by atomic mass is 32.1. The number of carbonyl (C=O) groups excluding carboxylic acids is 1. The lowest BCUT2D eigenvalue weighted by Crippen LogP contribution is -2.38. The zero-order chi connectivity index (χ0) is 20.5. The Morgan fingerprint density at radius 3 is 2.64 bits per heavy atom. The van der Waals surface area contributed by atoms with Crippen molar-refractivity contribution in [1.82, 2.24) is 20.5 Å². The second-order valence-electron chi connectivity index (χ2n) is 6.83. The van der Waals surface area contributed by atoms with Crippen LogP contribution in [0, 0.1) is 13.8 Å². The molecular formula is C21H31N5OS. The van der Waals surface area contributed by atoms with Crippen molar-refractivity contribution in [2.24, 2.45) is 4.99 Å². The number of guanidine groups is 1. The van der Waals surface area contributed by atoms with Crippen LogP contribution in [-0.4, -0.2) is 55.5 Å². The Hall–Kier alpha value is -2.41. The molecule has 0 bridgehead atoms. The normalized spacial score (nSPS) is 11.4. The number of aromatic nitrogens is 1. The van der Waals surface area contributed by atoms with Gasteiger partial charge in [-0.05, 0) is 44.9 Å². The van der Waals surface area contributed by atoms with Crippen LogP contribution < -0.4 is 10.6 Å². The van der Waals surface area contributed by atoms with Gasteiger partial charge in [0.25, 0.3) is 5.91 Å². The van der Waals surface area contributed by atoms with Gasteiger partial charge >= 0.3 is 0 Å². The Morgan fingerprint density at radius 1 is 1.21 bits per heavy atom. The summed E-state index contributed by atoms with van der Waals surface area (Å²) in [5, 5.41) is 7.77. The Kier molecular flexibility index (Phi) is 8.44. The quantitative estimate of drug-likeness (QED) is 0.527. The molecule has 28 heavy (non-hydrogen) atoms. The highest BCUT2D eigenvalue weighted by Crippen LogP contribution is 2.17. The summed E-state index contributed by atoms with van der Waals surface area (Å²) in [6.45, 7) is 8.45. The number of benzene rings is 1. The number of carbonyl (C=O) groups is 1. The minimum atomic E-state index is 0.0262. The van der Waals surface area contributed by atoms with E-state index in [1.807, 2.05) is 31.2 Å². The molecule has 0 fully saturated rings. The fourth-order valence-corrected chi connectivity index (χ4v) is 3.79. The SMILES string of the molecule is CCNC(=NCCc1sc(C)nc1C)NCCc1cccc(C(=O)N(C)C)c1. The topological polar surface area (TPSA) is 69.6 Å². The predicted molar refractivity (Wildman–Crippen MR) is 117 cm³/mol. The van der Waals surface area contributed by atoms with Gasteiger partial charge in [0.15, 0.2) is 5.96 Å². The van der Waals surface area contributed by atoms with Crippen molar-refractivity contribution in [3.63, 3.8) is 0 Å². The number of hydrogen-bond donors (Lipinski definition) is 2. The summed E-state index contributed by atoms with van der Waals surface area (Å²) in [5.74, 6) is 0.847. The third-order valence-electron chi connectivity index (χ3n) is 4.24. The van der Waals surface area contributed by atoms with Crippen LogP contribution in [-0.2, 0) is 12.8 Å². The fraction of sp³-hybridized carbons (Fsp3) is 0.476. The van der Waals surface area contributed by atoms with Crippen LogP contribution in [0.25, 0.3) is 0 Å². The Morgan fingerprint density at radius 2 is 2.00 bits per heavy atom. The van der Waals surface area contributed by atoms with Crippen molar-refractivity contribution >= 4 is 23.2 Å². The van der Waals surface area contributed by atoms with Crippen LogP contribution in [0.15, 0.2) is 29.3 Å². The number of aliphatic imine (C=N–C) groups is 1. The smallest absolute Gasteiger partial charge is 0.253 e. The van der Waals surface area contributed by atoms with Gasteiger partial charge in [0, 0.05) is 50.6 Å². The molecular weight excluding hydrogens is 370 g/mol. The van der Waals surface area contributed by atoms with Crippen LogP contribution in [0.2, 0.25) is 0 Å². The molecule has 0 radical (unpaired) electrons. The molecule has 0 aliphatic heterocycles. The standard InChI is InChI=1S/C21H31N5OS/c1-6-22-21(24-13-11-19-15(2)25-16(3)28-19)23-12-10-17-8-7-9-18(14-17)20(27)26(4)5/h7-9,14H,6,10-13H2,1-5H3,(H2,22,23,24). The first kappa shape index (κ1) is 21.9. The summed E-state index contributed by atoms with van der Waals surface area (Å²) < 4.78 is 0. The monoisotopic (exact) mass is 401 g/mol. The van der Waals surface area contributed by atoms with E-state index < -0.39 is 0 Å². The van der Waals surface area contributed by atoms with E-state index in [2.05, 4.69) is 34.5 Å². The molecule has 1 aromatic carbocycles. The minimum absolute atomic E-state index is 0.0262. The van der Waals surface area contributed by atoms with Gasteiger partial charge in [0.1, 0.15) is 0 Å². The first-order valence-electron chi connectivity index (χ1n) is 9.66. The molecule has 1 heterocycles. The van der Waals surface area contributed by atoms with Crippen LogP contribution >= 0.6 is 11.3 Å². The fourth-order valence-electron chi connectivity index (χ4n) is 2.86. The molecule has 0 saturated heterocycles. The van der Waals surface area contributed by atoms with E-state index in [-0.39, 0.29) is 5.91 Å². The first-order valence-corrected chi connectivity index (χ1v) is 10.5. The Bertz CT molecular complexity index is 813. The van der Waals surface area contributed by atoms with Crippen molar-refractivity contribution < 1.29 is 4.79 Å². The molecule has 0 aliphatic carbocycles. The van der Waals surface area contributed by atoms with Crippen LogP contribution in [0.3, 0.4) is 0 Å². The van der Waals surface area contributed by atoms with Crippen molar-refractivity contribution in [3.05, 3.63) is 51.0 Å². The average Bonchev–Trinajstić information content (AvgIpc) is 2.98. The number of nitrogens with zero attached hydrogens (tertiary/aromatic N) is 3. The summed E-state index contributed by atoms with van der Waals surface area (Å²) in [4.78, 5) is 24.1. The molecule has 0 spiro atoms. The van der Waals surface area contributed by atoms with Gasteiger partial charge in [0.05, 0.1) is 10.7 Å². The predicted octanol–water partition coefficient (Wildman–Crippen LogP) is 2.80. The second kappa shape index (κ2) is 10.8. The van der Waals surface area contributed by atoms with Gasteiger partial charge in [-0.25, -0.2) is 4.98 Å². The number of thiazole rings is 1. The summed E-state index contributed by atoms with van der Waals surface area (Å²) in [7, 11) is 3.54. The number of hydrogen-bond acceptors (Lipinski definition) is 4. The van der Waals surface area contributed by atoms with E-state index in [0.717, 1.165) is 60.3 Å². The lowest BCUT2D eigenvalue weighted by atomic mass is 10.1. The summed E-state index contributed by atoms with van der Waals surface area (Å²) in [5.41, 5.74) is 2.97. The third kappa shape index (κ3) is 6.64. The molecule has 0 saturated carbocycles. The molecule has 2 N–H and O–H groups in total. The van der Waals surface area contributed by atoms with Crippen molar-refractivity contribution in [3.8, 4) is 0 Å². The van der Waals surface area contributed by atoms with Crippen molar-refractivity contribution in [2.45, 2.75) is 33.6 Å². The lowest BCUT2D eigenvalue weighted by Gasteiger charge is -2.13. The van der Waals surface area contributed by atoms with Gasteiger partial charge in [-0.1, -0.05) is 12.1 Å². The maximum Gasteiger partial charge on any atom is 0.253 e. The third-order valence-corrected chi connectivity index (χ3v) is 5.37. The summed E-state index contributed by atoms with van der Waals surface area (Å²) >= 11 is 1.75. The zero-order valence-electron chi connectivity index (χ0n) is 17.5. The van der Waals surface area contributed by atoms with Crippen LogP contribution in [0.4, 0.5) is 0 Å². The van der Waals surface area contributed by atoms with E-state index in [0.29, 0.717) is 0 Å². The van der Waals surface area contributed by atoms with E-state index in [1.165, 1.54) is 4.88 Å². The van der Waals surface area contributed by atoms with E-state index in [9.17, 15) is 4.79 Å².